The van der Waals surface area contributed by atoms with Crippen molar-refractivity contribution in [3.8, 4) is 0 Å². The number of guanidine groups is 1. The van der Waals surface area contributed by atoms with Crippen LogP contribution in [-0.4, -0.2) is 51.2 Å². The van der Waals surface area contributed by atoms with Crippen molar-refractivity contribution in [2.75, 3.05) is 40.3 Å². The number of thiophene rings is 1. The van der Waals surface area contributed by atoms with E-state index in [2.05, 4.69) is 50.2 Å². The van der Waals surface area contributed by atoms with Crippen molar-refractivity contribution < 1.29 is 4.74 Å². The van der Waals surface area contributed by atoms with Gasteiger partial charge in [-0.05, 0) is 42.9 Å². The average molecular weight is 387 g/mol. The summed E-state index contributed by atoms with van der Waals surface area (Å²) in [5.74, 6) is 0.814. The minimum atomic E-state index is -0.00331. The van der Waals surface area contributed by atoms with E-state index in [0.29, 0.717) is 12.6 Å². The van der Waals surface area contributed by atoms with Gasteiger partial charge in [0.05, 0.1) is 12.1 Å². The van der Waals surface area contributed by atoms with Gasteiger partial charge in [-0.3, -0.25) is 9.89 Å². The van der Waals surface area contributed by atoms with Crippen molar-refractivity contribution in [3.63, 3.8) is 0 Å². The molecule has 6 heteroatoms. The predicted octanol–water partition coefficient (Wildman–Crippen LogP) is 3.44. The number of benzene rings is 1. The Morgan fingerprint density at radius 1 is 1.11 bits per heavy atom. The van der Waals surface area contributed by atoms with Crippen LogP contribution in [0.3, 0.4) is 0 Å². The van der Waals surface area contributed by atoms with E-state index in [0.717, 1.165) is 18.1 Å². The second-order valence-corrected chi connectivity index (χ2v) is 7.72. The SMILES string of the molecule is CN=C(NCC(OC)c1ccccc1)NCC(c1cccs1)N1CCCC1. The lowest BCUT2D eigenvalue weighted by atomic mass is 10.1. The first kappa shape index (κ1) is 19.9. The molecule has 5 nitrogen and oxygen atoms in total. The van der Waals surface area contributed by atoms with Crippen LogP contribution in [0.4, 0.5) is 0 Å². The van der Waals surface area contributed by atoms with E-state index in [4.69, 9.17) is 4.74 Å². The molecular formula is C21H30N4OS. The topological polar surface area (TPSA) is 48.9 Å². The zero-order chi connectivity index (χ0) is 18.9. The molecule has 0 amide bonds. The summed E-state index contributed by atoms with van der Waals surface area (Å²) in [5.41, 5.74) is 1.16. The lowest BCUT2D eigenvalue weighted by Crippen LogP contribution is -2.43. The summed E-state index contributed by atoms with van der Waals surface area (Å²) in [7, 11) is 3.56. The molecular weight excluding hydrogens is 356 g/mol. The van der Waals surface area contributed by atoms with E-state index in [1.165, 1.54) is 30.8 Å². The van der Waals surface area contributed by atoms with Crippen molar-refractivity contribution in [3.05, 3.63) is 58.3 Å². The summed E-state index contributed by atoms with van der Waals surface area (Å²) in [4.78, 5) is 8.38. The summed E-state index contributed by atoms with van der Waals surface area (Å²) in [5, 5.41) is 9.08. The van der Waals surface area contributed by atoms with E-state index in [-0.39, 0.29) is 6.10 Å². The zero-order valence-corrected chi connectivity index (χ0v) is 17.0. The molecule has 0 aliphatic carbocycles. The van der Waals surface area contributed by atoms with Gasteiger partial charge in [0, 0.05) is 32.1 Å². The van der Waals surface area contributed by atoms with Crippen LogP contribution in [0.25, 0.3) is 0 Å². The second kappa shape index (κ2) is 10.4. The minimum absolute atomic E-state index is 0.00331. The third kappa shape index (κ3) is 5.54. The first-order valence-electron chi connectivity index (χ1n) is 9.61. The summed E-state index contributed by atoms with van der Waals surface area (Å²) in [6.45, 7) is 3.88. The summed E-state index contributed by atoms with van der Waals surface area (Å²) in [6.07, 6.45) is 2.58. The van der Waals surface area contributed by atoms with Crippen molar-refractivity contribution in [2.45, 2.75) is 25.0 Å². The molecule has 0 radical (unpaired) electrons. The maximum atomic E-state index is 5.65. The van der Waals surface area contributed by atoms with Gasteiger partial charge in [0.25, 0.3) is 0 Å². The highest BCUT2D eigenvalue weighted by molar-refractivity contribution is 7.10. The number of ether oxygens (including phenoxy) is 1. The molecule has 1 aromatic carbocycles. The highest BCUT2D eigenvalue weighted by Crippen LogP contribution is 2.27. The second-order valence-electron chi connectivity index (χ2n) is 6.74. The molecule has 0 saturated carbocycles. The molecule has 1 aliphatic heterocycles. The van der Waals surface area contributed by atoms with Crippen LogP contribution in [0.15, 0.2) is 52.8 Å². The molecule has 27 heavy (non-hydrogen) atoms. The van der Waals surface area contributed by atoms with Crippen molar-refractivity contribution >= 4 is 17.3 Å². The zero-order valence-electron chi connectivity index (χ0n) is 16.2. The number of nitrogens with zero attached hydrogens (tertiary/aromatic N) is 2. The molecule has 2 aromatic rings. The van der Waals surface area contributed by atoms with Crippen molar-refractivity contribution in [2.24, 2.45) is 4.99 Å². The normalized spacial score (nSPS) is 17.6. The number of nitrogens with one attached hydrogen (secondary N) is 2. The fourth-order valence-electron chi connectivity index (χ4n) is 3.55. The van der Waals surface area contributed by atoms with E-state index < -0.39 is 0 Å². The Kier molecular flexibility index (Phi) is 7.68. The molecule has 146 valence electrons. The Balaban J connectivity index is 1.56. The number of methoxy groups -OCH3 is 1. The summed E-state index contributed by atoms with van der Waals surface area (Å²) < 4.78 is 5.65. The van der Waals surface area contributed by atoms with Gasteiger partial charge < -0.3 is 15.4 Å². The fraction of sp³-hybridized carbons (Fsp3) is 0.476. The standard InChI is InChI=1S/C21H30N4OS/c1-22-21(24-16-19(26-2)17-9-4-3-5-10-17)23-15-18(20-11-8-14-27-20)25-12-6-7-13-25/h3-5,8-11,14,18-19H,6-7,12-13,15-16H2,1-2H3,(H2,22,23,24). The van der Waals surface area contributed by atoms with Gasteiger partial charge in [-0.1, -0.05) is 36.4 Å². The first-order chi connectivity index (χ1) is 13.3. The number of rotatable bonds is 8. The Hall–Kier alpha value is -1.89. The van der Waals surface area contributed by atoms with E-state index >= 15 is 0 Å². The van der Waals surface area contributed by atoms with Gasteiger partial charge in [0.1, 0.15) is 0 Å². The number of hydrogen-bond acceptors (Lipinski definition) is 4. The Morgan fingerprint density at radius 2 is 1.85 bits per heavy atom. The number of likely N-dealkylation sites (tertiary alicyclic amines) is 1. The van der Waals surface area contributed by atoms with Crippen LogP contribution in [0, 0.1) is 0 Å². The summed E-state index contributed by atoms with van der Waals surface area (Å²) in [6, 6.07) is 15.1. The van der Waals surface area contributed by atoms with Gasteiger partial charge in [-0.2, -0.15) is 0 Å². The number of hydrogen-bond donors (Lipinski definition) is 2. The van der Waals surface area contributed by atoms with Crippen LogP contribution < -0.4 is 10.6 Å². The largest absolute Gasteiger partial charge is 0.375 e. The molecule has 2 atom stereocenters. The van der Waals surface area contributed by atoms with Gasteiger partial charge in [0.2, 0.25) is 0 Å². The molecule has 3 rings (SSSR count). The highest BCUT2D eigenvalue weighted by Gasteiger charge is 2.24. The number of aliphatic imine (C=N–C) groups is 1. The Bertz CT molecular complexity index is 683. The maximum absolute atomic E-state index is 5.65. The quantitative estimate of drug-likeness (QED) is 0.539. The minimum Gasteiger partial charge on any atom is -0.375 e. The van der Waals surface area contributed by atoms with Crippen LogP contribution in [-0.2, 0) is 4.74 Å². The molecule has 1 aromatic heterocycles. The van der Waals surface area contributed by atoms with Gasteiger partial charge in [0.15, 0.2) is 5.96 Å². The molecule has 2 N–H and O–H groups in total. The molecule has 2 unspecified atom stereocenters. The van der Waals surface area contributed by atoms with Crippen LogP contribution in [0.5, 0.6) is 0 Å². The third-order valence-corrected chi connectivity index (χ3v) is 6.02. The highest BCUT2D eigenvalue weighted by atomic mass is 32.1. The third-order valence-electron chi connectivity index (χ3n) is 5.05. The lowest BCUT2D eigenvalue weighted by molar-refractivity contribution is 0.106. The molecule has 2 heterocycles. The molecule has 1 aliphatic rings. The Morgan fingerprint density at radius 3 is 2.48 bits per heavy atom. The lowest BCUT2D eigenvalue weighted by Gasteiger charge is -2.28. The van der Waals surface area contributed by atoms with Gasteiger partial charge in [-0.15, -0.1) is 11.3 Å². The first-order valence-corrected chi connectivity index (χ1v) is 10.5. The van der Waals surface area contributed by atoms with Gasteiger partial charge >= 0.3 is 0 Å². The fourth-order valence-corrected chi connectivity index (χ4v) is 4.41. The molecule has 0 spiro atoms. The van der Waals surface area contributed by atoms with E-state index in [1.54, 1.807) is 7.11 Å². The van der Waals surface area contributed by atoms with Crippen LogP contribution in [0.1, 0.15) is 35.4 Å². The molecule has 1 saturated heterocycles. The summed E-state index contributed by atoms with van der Waals surface area (Å²) >= 11 is 1.83. The smallest absolute Gasteiger partial charge is 0.191 e. The van der Waals surface area contributed by atoms with Gasteiger partial charge in [-0.25, -0.2) is 0 Å². The van der Waals surface area contributed by atoms with E-state index in [1.807, 2.05) is 36.6 Å². The monoisotopic (exact) mass is 386 g/mol. The predicted molar refractivity (Wildman–Crippen MR) is 113 cm³/mol. The maximum Gasteiger partial charge on any atom is 0.191 e. The van der Waals surface area contributed by atoms with Crippen molar-refractivity contribution in [1.82, 2.24) is 15.5 Å². The van der Waals surface area contributed by atoms with E-state index in [9.17, 15) is 0 Å². The van der Waals surface area contributed by atoms with Crippen molar-refractivity contribution in [1.29, 1.82) is 0 Å². The average Bonchev–Trinajstić information content (AvgIpc) is 3.42. The van der Waals surface area contributed by atoms with Crippen LogP contribution >= 0.6 is 11.3 Å². The van der Waals surface area contributed by atoms with Crippen LogP contribution in [0.2, 0.25) is 0 Å². The molecule has 1 fully saturated rings. The molecule has 0 bridgehead atoms. The Labute approximate surface area is 166 Å².